The molecule has 0 radical (unpaired) electrons. The number of carbonyl (C=O) groups is 1. The van der Waals surface area contributed by atoms with E-state index in [1.165, 1.54) is 0 Å². The van der Waals surface area contributed by atoms with Crippen LogP contribution in [0.25, 0.3) is 0 Å². The van der Waals surface area contributed by atoms with Crippen molar-refractivity contribution in [3.63, 3.8) is 0 Å². The van der Waals surface area contributed by atoms with Crippen LogP contribution >= 0.6 is 0 Å². The van der Waals surface area contributed by atoms with Gasteiger partial charge in [-0.3, -0.25) is 0 Å². The molecule has 2 N–H and O–H groups in total. The third-order valence-corrected chi connectivity index (χ3v) is 1.75. The van der Waals surface area contributed by atoms with Crippen LogP contribution in [0.2, 0.25) is 0 Å². The zero-order valence-electron chi connectivity index (χ0n) is 7.12. The average molecular weight is 250 g/mol. The Balaban J connectivity index is 0. The van der Waals surface area contributed by atoms with Gasteiger partial charge in [-0.15, -0.1) is 6.58 Å². The Bertz CT molecular complexity index is 299. The number of aliphatic hydroxyl groups excluding tert-OH is 2. The minimum absolute atomic E-state index is 0. The van der Waals surface area contributed by atoms with Crippen molar-refractivity contribution >= 4 is 45.9 Å². The normalized spacial score (nSPS) is 12.4. The third-order valence-electron chi connectivity index (χ3n) is 0.959. The summed E-state index contributed by atoms with van der Waals surface area (Å²) in [6.45, 7) is 1.88. The standard InChI is InChI=1S/C6H10O7S.Na.H/c1-2-3-12-14(10,11)13-6(9)5(8)4-7;;/h2,5,7-8H,1,3-4H2;;. The van der Waals surface area contributed by atoms with Gasteiger partial charge in [-0.2, -0.15) is 8.42 Å². The topological polar surface area (TPSA) is 110 Å². The summed E-state index contributed by atoms with van der Waals surface area (Å²) in [5.41, 5.74) is 0. The predicted molar refractivity (Wildman–Crippen MR) is 51.4 cm³/mol. The van der Waals surface area contributed by atoms with Crippen LogP contribution in [-0.4, -0.2) is 73.5 Å². The van der Waals surface area contributed by atoms with E-state index < -0.39 is 29.1 Å². The summed E-state index contributed by atoms with van der Waals surface area (Å²) in [5.74, 6) is -1.50. The molecule has 0 aromatic heterocycles. The van der Waals surface area contributed by atoms with Crippen molar-refractivity contribution in [2.45, 2.75) is 6.10 Å². The molecule has 0 aliphatic carbocycles. The Kier molecular flexibility index (Phi) is 9.56. The van der Waals surface area contributed by atoms with Crippen LogP contribution in [0.4, 0.5) is 0 Å². The molecule has 1 unspecified atom stereocenters. The van der Waals surface area contributed by atoms with E-state index in [1.807, 2.05) is 0 Å². The maximum atomic E-state index is 10.7. The average Bonchev–Trinajstić information content (AvgIpc) is 2.12. The summed E-state index contributed by atoms with van der Waals surface area (Å²) in [6, 6.07) is 0. The molecule has 0 fully saturated rings. The molecule has 0 aliphatic heterocycles. The molecule has 0 saturated carbocycles. The molecule has 0 spiro atoms. The van der Waals surface area contributed by atoms with Crippen molar-refractivity contribution in [1.29, 1.82) is 0 Å². The fourth-order valence-corrected chi connectivity index (χ4v) is 1.01. The summed E-state index contributed by atoms with van der Waals surface area (Å²) < 4.78 is 29.2. The Hall–Kier alpha value is 0.0400. The summed E-state index contributed by atoms with van der Waals surface area (Å²) in [7, 11) is -4.49. The SMILES string of the molecule is C=CCOS(=O)(=O)OC(=O)C(O)CO.[NaH]. The molecular weight excluding hydrogens is 239 g/mol. The van der Waals surface area contributed by atoms with Crippen molar-refractivity contribution in [1.82, 2.24) is 0 Å². The molecule has 84 valence electrons. The van der Waals surface area contributed by atoms with Crippen molar-refractivity contribution in [3.05, 3.63) is 12.7 Å². The van der Waals surface area contributed by atoms with Gasteiger partial charge in [0.05, 0.1) is 13.2 Å². The fourth-order valence-electron chi connectivity index (χ4n) is 0.386. The molecule has 0 saturated heterocycles. The molecule has 0 amide bonds. The molecule has 0 aromatic rings. The second-order valence-corrected chi connectivity index (χ2v) is 3.30. The van der Waals surface area contributed by atoms with E-state index >= 15 is 0 Å². The van der Waals surface area contributed by atoms with E-state index in [4.69, 9.17) is 10.2 Å². The molecule has 0 heterocycles. The van der Waals surface area contributed by atoms with Gasteiger partial charge in [-0.1, -0.05) is 6.08 Å². The number of hydrogen-bond donors (Lipinski definition) is 2. The van der Waals surface area contributed by atoms with E-state index in [0.717, 1.165) is 6.08 Å². The quantitative estimate of drug-likeness (QED) is 0.402. The molecule has 0 bridgehead atoms. The first-order valence-corrected chi connectivity index (χ1v) is 4.78. The van der Waals surface area contributed by atoms with Crippen LogP contribution in [0, 0.1) is 0 Å². The summed E-state index contributed by atoms with van der Waals surface area (Å²) in [6.07, 6.45) is -0.773. The zero-order chi connectivity index (χ0) is 11.2. The van der Waals surface area contributed by atoms with Crippen LogP contribution < -0.4 is 0 Å². The molecule has 9 heteroatoms. The number of aliphatic hydroxyl groups is 2. The van der Waals surface area contributed by atoms with Crippen molar-refractivity contribution in [3.8, 4) is 0 Å². The summed E-state index contributed by atoms with van der Waals surface area (Å²) in [5, 5.41) is 16.9. The maximum absolute atomic E-state index is 10.7. The van der Waals surface area contributed by atoms with E-state index in [0.29, 0.717) is 0 Å². The molecule has 7 nitrogen and oxygen atoms in total. The Morgan fingerprint density at radius 3 is 2.47 bits per heavy atom. The first kappa shape index (κ1) is 17.4. The monoisotopic (exact) mass is 250 g/mol. The summed E-state index contributed by atoms with van der Waals surface area (Å²) in [4.78, 5) is 10.6. The summed E-state index contributed by atoms with van der Waals surface area (Å²) >= 11 is 0. The van der Waals surface area contributed by atoms with E-state index in [2.05, 4.69) is 14.9 Å². The molecule has 15 heavy (non-hydrogen) atoms. The van der Waals surface area contributed by atoms with Gasteiger partial charge in [0.1, 0.15) is 0 Å². The second-order valence-electron chi connectivity index (χ2n) is 2.08. The van der Waals surface area contributed by atoms with Crippen LogP contribution in [0.5, 0.6) is 0 Å². The van der Waals surface area contributed by atoms with Gasteiger partial charge >= 0.3 is 45.9 Å². The van der Waals surface area contributed by atoms with Gasteiger partial charge in [0.15, 0.2) is 6.10 Å². The fraction of sp³-hybridized carbons (Fsp3) is 0.500. The van der Waals surface area contributed by atoms with Gasteiger partial charge < -0.3 is 14.4 Å². The molecule has 1 atom stereocenters. The minimum atomic E-state index is -4.49. The number of carbonyl (C=O) groups excluding carboxylic acids is 1. The van der Waals surface area contributed by atoms with Gasteiger partial charge in [-0.05, 0) is 0 Å². The van der Waals surface area contributed by atoms with Crippen LogP contribution in [0.1, 0.15) is 0 Å². The first-order valence-electron chi connectivity index (χ1n) is 3.45. The van der Waals surface area contributed by atoms with Gasteiger partial charge in [-0.25, -0.2) is 8.98 Å². The molecule has 0 rings (SSSR count). The second kappa shape index (κ2) is 8.22. The van der Waals surface area contributed by atoms with Gasteiger partial charge in [0.2, 0.25) is 0 Å². The van der Waals surface area contributed by atoms with E-state index in [9.17, 15) is 13.2 Å². The van der Waals surface area contributed by atoms with Crippen LogP contribution in [-0.2, 0) is 23.6 Å². The first-order chi connectivity index (χ1) is 6.43. The van der Waals surface area contributed by atoms with Crippen LogP contribution in [0.3, 0.4) is 0 Å². The van der Waals surface area contributed by atoms with Gasteiger partial charge in [0, 0.05) is 0 Å². The number of hydrogen-bond acceptors (Lipinski definition) is 7. The Morgan fingerprint density at radius 2 is 2.07 bits per heavy atom. The van der Waals surface area contributed by atoms with Crippen molar-refractivity contribution in [2.75, 3.05) is 13.2 Å². The van der Waals surface area contributed by atoms with Crippen LogP contribution in [0.15, 0.2) is 12.7 Å². The third kappa shape index (κ3) is 7.91. The van der Waals surface area contributed by atoms with E-state index in [1.54, 1.807) is 0 Å². The van der Waals surface area contributed by atoms with Crippen molar-refractivity contribution < 1.29 is 31.8 Å². The van der Waals surface area contributed by atoms with E-state index in [-0.39, 0.29) is 36.2 Å². The molecule has 0 aromatic carbocycles. The Labute approximate surface area is 109 Å². The zero-order valence-corrected chi connectivity index (χ0v) is 7.94. The van der Waals surface area contributed by atoms with Gasteiger partial charge in [0.25, 0.3) is 0 Å². The van der Waals surface area contributed by atoms with Crippen molar-refractivity contribution in [2.24, 2.45) is 0 Å². The molecule has 0 aliphatic rings. The Morgan fingerprint density at radius 1 is 1.53 bits per heavy atom. The number of rotatable bonds is 6. The predicted octanol–water partition coefficient (Wildman–Crippen LogP) is -2.32. The molecular formula is C6H11NaO7S.